The highest BCUT2D eigenvalue weighted by molar-refractivity contribution is 5.99. The Hall–Kier alpha value is -2.62. The molecule has 1 aliphatic carbocycles. The number of hydrogen-bond donors (Lipinski definition) is 2. The summed E-state index contributed by atoms with van der Waals surface area (Å²) in [6, 6.07) is 17.1. The summed E-state index contributed by atoms with van der Waals surface area (Å²) in [7, 11) is 0. The van der Waals surface area contributed by atoms with Crippen LogP contribution in [0.4, 0.5) is 5.69 Å². The quantitative estimate of drug-likeness (QED) is 0.853. The fraction of sp³-hybridized carbons (Fsp3) is 0.333. The van der Waals surface area contributed by atoms with Crippen LogP contribution in [0.25, 0.3) is 0 Å². The van der Waals surface area contributed by atoms with Crippen molar-refractivity contribution < 1.29 is 14.7 Å². The molecule has 0 heterocycles. The van der Waals surface area contributed by atoms with Gasteiger partial charge in [0.25, 0.3) is 0 Å². The zero-order valence-electron chi connectivity index (χ0n) is 14.4. The van der Waals surface area contributed by atoms with Gasteiger partial charge in [0.05, 0.1) is 11.3 Å². The maximum atomic E-state index is 13.1. The molecular formula is C21H23NO3. The minimum absolute atomic E-state index is 0.00340. The number of benzene rings is 2. The Bertz CT molecular complexity index is 764. The summed E-state index contributed by atoms with van der Waals surface area (Å²) < 4.78 is 0. The Kier molecular flexibility index (Phi) is 4.88. The lowest BCUT2D eigenvalue weighted by Gasteiger charge is -2.28. The molecule has 1 atom stereocenters. The molecule has 3 rings (SSSR count). The highest BCUT2D eigenvalue weighted by Crippen LogP contribution is 2.42. The lowest BCUT2D eigenvalue weighted by molar-refractivity contribution is -0.138. The van der Waals surface area contributed by atoms with Crippen molar-refractivity contribution in [2.45, 2.75) is 43.9 Å². The Balaban J connectivity index is 1.86. The first-order valence-corrected chi connectivity index (χ1v) is 8.73. The van der Waals surface area contributed by atoms with Gasteiger partial charge in [0.15, 0.2) is 0 Å². The van der Waals surface area contributed by atoms with Crippen LogP contribution in [-0.2, 0) is 15.0 Å². The average molecular weight is 337 g/mol. The molecule has 0 bridgehead atoms. The van der Waals surface area contributed by atoms with E-state index in [0.29, 0.717) is 11.3 Å². The molecule has 2 aromatic carbocycles. The number of carbonyl (C=O) groups is 2. The molecule has 25 heavy (non-hydrogen) atoms. The molecule has 2 N–H and O–H groups in total. The molecule has 2 aromatic rings. The summed E-state index contributed by atoms with van der Waals surface area (Å²) in [4.78, 5) is 24.3. The fourth-order valence-corrected chi connectivity index (χ4v) is 3.66. The van der Waals surface area contributed by atoms with Gasteiger partial charge in [-0.15, -0.1) is 0 Å². The van der Waals surface area contributed by atoms with E-state index in [2.05, 4.69) is 5.32 Å². The molecule has 0 aliphatic heterocycles. The largest absolute Gasteiger partial charge is 0.481 e. The van der Waals surface area contributed by atoms with E-state index in [0.717, 1.165) is 31.2 Å². The number of rotatable bonds is 5. The molecule has 0 saturated heterocycles. The van der Waals surface area contributed by atoms with Crippen molar-refractivity contribution in [3.63, 3.8) is 0 Å². The second-order valence-corrected chi connectivity index (χ2v) is 6.79. The van der Waals surface area contributed by atoms with Gasteiger partial charge in [0.2, 0.25) is 5.91 Å². The van der Waals surface area contributed by atoms with E-state index in [1.54, 1.807) is 25.1 Å². The first kappa shape index (κ1) is 17.2. The third-order valence-corrected chi connectivity index (χ3v) is 5.23. The number of hydrogen-bond acceptors (Lipinski definition) is 2. The molecule has 0 aromatic heterocycles. The maximum Gasteiger partial charge on any atom is 0.310 e. The van der Waals surface area contributed by atoms with Crippen molar-refractivity contribution in [3.05, 3.63) is 65.7 Å². The maximum absolute atomic E-state index is 13.1. The lowest BCUT2D eigenvalue weighted by Crippen LogP contribution is -2.38. The van der Waals surface area contributed by atoms with Gasteiger partial charge in [-0.3, -0.25) is 9.59 Å². The van der Waals surface area contributed by atoms with Crippen molar-refractivity contribution in [1.82, 2.24) is 0 Å². The van der Waals surface area contributed by atoms with Crippen LogP contribution >= 0.6 is 0 Å². The van der Waals surface area contributed by atoms with Gasteiger partial charge >= 0.3 is 5.97 Å². The number of carboxylic acids is 1. The second kappa shape index (κ2) is 7.09. The Labute approximate surface area is 147 Å². The van der Waals surface area contributed by atoms with Crippen molar-refractivity contribution >= 4 is 17.6 Å². The van der Waals surface area contributed by atoms with E-state index in [1.807, 2.05) is 36.4 Å². The minimum atomic E-state index is -0.875. The summed E-state index contributed by atoms with van der Waals surface area (Å²) >= 11 is 0. The van der Waals surface area contributed by atoms with Crippen LogP contribution in [0.15, 0.2) is 54.6 Å². The van der Waals surface area contributed by atoms with Crippen molar-refractivity contribution in [2.75, 3.05) is 5.32 Å². The van der Waals surface area contributed by atoms with Crippen LogP contribution < -0.4 is 5.32 Å². The summed E-state index contributed by atoms with van der Waals surface area (Å²) in [5, 5.41) is 12.2. The van der Waals surface area contributed by atoms with Gasteiger partial charge in [-0.1, -0.05) is 55.3 Å². The van der Waals surface area contributed by atoms with Crippen molar-refractivity contribution in [2.24, 2.45) is 0 Å². The monoisotopic (exact) mass is 337 g/mol. The topological polar surface area (TPSA) is 66.4 Å². The van der Waals surface area contributed by atoms with Gasteiger partial charge in [-0.05, 0) is 43.0 Å². The molecule has 1 unspecified atom stereocenters. The van der Waals surface area contributed by atoms with Gasteiger partial charge < -0.3 is 10.4 Å². The first-order valence-electron chi connectivity index (χ1n) is 8.73. The van der Waals surface area contributed by atoms with Crippen LogP contribution in [0.5, 0.6) is 0 Å². The lowest BCUT2D eigenvalue weighted by atomic mass is 9.78. The average Bonchev–Trinajstić information content (AvgIpc) is 3.13. The number of aliphatic carboxylic acids is 1. The Morgan fingerprint density at radius 3 is 2.36 bits per heavy atom. The molecule has 130 valence electrons. The predicted molar refractivity (Wildman–Crippen MR) is 97.7 cm³/mol. The zero-order chi connectivity index (χ0) is 17.9. The third kappa shape index (κ3) is 3.43. The van der Waals surface area contributed by atoms with E-state index in [-0.39, 0.29) is 5.91 Å². The van der Waals surface area contributed by atoms with Crippen LogP contribution in [0.1, 0.15) is 49.7 Å². The second-order valence-electron chi connectivity index (χ2n) is 6.79. The van der Waals surface area contributed by atoms with Crippen LogP contribution in [0.3, 0.4) is 0 Å². The normalized spacial score (nSPS) is 17.0. The summed E-state index contributed by atoms with van der Waals surface area (Å²) in [5.74, 6) is -1.48. The molecule has 1 fully saturated rings. The SMILES string of the molecule is CC(C(=O)O)c1cccc(NC(=O)C2(c3ccccc3)CCCC2)c1. The third-order valence-electron chi connectivity index (χ3n) is 5.23. The van der Waals surface area contributed by atoms with Crippen LogP contribution in [0, 0.1) is 0 Å². The van der Waals surface area contributed by atoms with Crippen molar-refractivity contribution in [3.8, 4) is 0 Å². The van der Waals surface area contributed by atoms with E-state index in [1.165, 1.54) is 0 Å². The standard InChI is InChI=1S/C21H23NO3/c1-15(19(23)24)16-8-7-11-18(14-16)22-20(25)21(12-5-6-13-21)17-9-3-2-4-10-17/h2-4,7-11,14-15H,5-6,12-13H2,1H3,(H,22,25)(H,23,24). The number of carboxylic acid groups (broad SMARTS) is 1. The summed E-state index contributed by atoms with van der Waals surface area (Å²) in [5.41, 5.74) is 1.90. The van der Waals surface area contributed by atoms with Crippen molar-refractivity contribution in [1.29, 1.82) is 0 Å². The van der Waals surface area contributed by atoms with Gasteiger partial charge in [-0.25, -0.2) is 0 Å². The Morgan fingerprint density at radius 2 is 1.72 bits per heavy atom. The molecule has 4 heteroatoms. The fourth-order valence-electron chi connectivity index (χ4n) is 3.66. The van der Waals surface area contributed by atoms with Gasteiger partial charge in [0, 0.05) is 5.69 Å². The number of carbonyl (C=O) groups excluding carboxylic acids is 1. The van der Waals surface area contributed by atoms with Crippen LogP contribution in [-0.4, -0.2) is 17.0 Å². The van der Waals surface area contributed by atoms with Crippen LogP contribution in [0.2, 0.25) is 0 Å². The molecule has 4 nitrogen and oxygen atoms in total. The molecule has 1 saturated carbocycles. The Morgan fingerprint density at radius 1 is 1.04 bits per heavy atom. The minimum Gasteiger partial charge on any atom is -0.481 e. The highest BCUT2D eigenvalue weighted by Gasteiger charge is 2.42. The van der Waals surface area contributed by atoms with E-state index < -0.39 is 17.3 Å². The summed E-state index contributed by atoms with van der Waals surface area (Å²) in [6.45, 7) is 1.64. The smallest absolute Gasteiger partial charge is 0.310 e. The molecule has 0 spiro atoms. The molecule has 1 amide bonds. The number of nitrogens with one attached hydrogen (secondary N) is 1. The first-order chi connectivity index (χ1) is 12.0. The highest BCUT2D eigenvalue weighted by atomic mass is 16.4. The molecule has 0 radical (unpaired) electrons. The van der Waals surface area contributed by atoms with Gasteiger partial charge in [0.1, 0.15) is 0 Å². The van der Waals surface area contributed by atoms with E-state index in [4.69, 9.17) is 0 Å². The predicted octanol–water partition coefficient (Wildman–Crippen LogP) is 4.33. The van der Waals surface area contributed by atoms with E-state index in [9.17, 15) is 14.7 Å². The van der Waals surface area contributed by atoms with Gasteiger partial charge in [-0.2, -0.15) is 0 Å². The zero-order valence-corrected chi connectivity index (χ0v) is 14.4. The molecule has 1 aliphatic rings. The number of amides is 1. The number of anilines is 1. The van der Waals surface area contributed by atoms with E-state index >= 15 is 0 Å². The summed E-state index contributed by atoms with van der Waals surface area (Å²) in [6.07, 6.45) is 3.76. The molecular weight excluding hydrogens is 314 g/mol.